The predicted molar refractivity (Wildman–Crippen MR) is 116 cm³/mol. The van der Waals surface area contributed by atoms with Crippen LogP contribution in [-0.4, -0.2) is 35.6 Å². The quantitative estimate of drug-likeness (QED) is 0.400. The molecule has 0 aromatic carbocycles. The van der Waals surface area contributed by atoms with Gasteiger partial charge in [0.25, 0.3) is 14.6 Å². The minimum Gasteiger partial charge on any atom is -0.481 e. The van der Waals surface area contributed by atoms with Crippen LogP contribution in [0.2, 0.25) is 13.1 Å². The number of hydrogen-bond donors (Lipinski definition) is 1. The molecule has 3 unspecified atom stereocenters. The molecule has 1 N–H and O–H groups in total. The molecule has 4 aliphatic carbocycles. The van der Waals surface area contributed by atoms with Gasteiger partial charge in [0, 0.05) is 23.2 Å². The standard InChI is InChI=1S/C23H30ClNO4Si/c1-21-9-7-15(26)11-14(21)5-6-16-17-8-10-23(28,20(24)30(3,4)29-13-25)22(17,2)12-18(27)19(16)21/h7,9,11,16-17,19-20,28H,5-6,8,10,12H2,1-4H3/t16?,17?,19?,20-,21+,22+,23+/m1/s1. The van der Waals surface area contributed by atoms with E-state index in [1.807, 2.05) is 26.1 Å². The number of ketones is 2. The highest BCUT2D eigenvalue weighted by Gasteiger charge is 2.69. The number of carbonyl (C=O) groups excluding carboxylic acids is 2. The summed E-state index contributed by atoms with van der Waals surface area (Å²) in [5.74, 6) is 0.296. The van der Waals surface area contributed by atoms with E-state index in [4.69, 9.17) is 21.3 Å². The van der Waals surface area contributed by atoms with E-state index in [-0.39, 0.29) is 35.7 Å². The Hall–Kier alpha value is -1.42. The molecule has 0 amide bonds. The van der Waals surface area contributed by atoms with E-state index in [0.29, 0.717) is 6.42 Å². The fourth-order valence-corrected chi connectivity index (χ4v) is 9.68. The second-order valence-corrected chi connectivity index (χ2v) is 15.4. The van der Waals surface area contributed by atoms with Crippen LogP contribution < -0.4 is 0 Å². The third-order valence-corrected chi connectivity index (χ3v) is 13.1. The molecule has 0 saturated heterocycles. The fraction of sp³-hybridized carbons (Fsp3) is 0.696. The highest BCUT2D eigenvalue weighted by molar-refractivity contribution is 6.80. The summed E-state index contributed by atoms with van der Waals surface area (Å²) in [6.07, 6.45) is 10.2. The molecule has 0 aliphatic heterocycles. The van der Waals surface area contributed by atoms with Crippen molar-refractivity contribution in [3.63, 3.8) is 0 Å². The lowest BCUT2D eigenvalue weighted by atomic mass is 9.47. The van der Waals surface area contributed by atoms with Gasteiger partial charge in [-0.3, -0.25) is 9.59 Å². The summed E-state index contributed by atoms with van der Waals surface area (Å²) >= 11 is 6.85. The highest BCUT2D eigenvalue weighted by Crippen LogP contribution is 2.67. The van der Waals surface area contributed by atoms with Crippen LogP contribution in [0.3, 0.4) is 0 Å². The number of halogens is 1. The summed E-state index contributed by atoms with van der Waals surface area (Å²) < 4.78 is 5.34. The Morgan fingerprint density at radius 1 is 1.33 bits per heavy atom. The Morgan fingerprint density at radius 2 is 2.03 bits per heavy atom. The van der Waals surface area contributed by atoms with Gasteiger partial charge in [0.1, 0.15) is 5.78 Å². The van der Waals surface area contributed by atoms with Gasteiger partial charge in [0.15, 0.2) is 5.78 Å². The molecule has 162 valence electrons. The third-order valence-electron chi connectivity index (χ3n) is 8.81. The average molecular weight is 448 g/mol. The predicted octanol–water partition coefficient (Wildman–Crippen LogP) is 4.05. The topological polar surface area (TPSA) is 87.4 Å². The molecule has 0 heterocycles. The molecule has 0 spiro atoms. The van der Waals surface area contributed by atoms with Crippen molar-refractivity contribution in [2.75, 3.05) is 0 Å². The van der Waals surface area contributed by atoms with E-state index in [1.165, 1.54) is 0 Å². The van der Waals surface area contributed by atoms with Gasteiger partial charge in [-0.15, -0.1) is 11.6 Å². The zero-order valence-electron chi connectivity index (χ0n) is 18.1. The largest absolute Gasteiger partial charge is 0.481 e. The Labute approximate surface area is 184 Å². The Kier molecular flexibility index (Phi) is 4.93. The number of allylic oxidation sites excluding steroid dienone is 4. The summed E-state index contributed by atoms with van der Waals surface area (Å²) in [6, 6.07) is 0. The first-order valence-electron chi connectivity index (χ1n) is 10.8. The van der Waals surface area contributed by atoms with Crippen LogP contribution in [0.4, 0.5) is 0 Å². The number of nitrogens with zero attached hydrogens (tertiary/aromatic N) is 1. The number of fused-ring (bicyclic) bond motifs is 5. The SMILES string of the molecule is C[C@]12C=CC(=O)C=C1CCC1C2C(=O)C[C@@]2(C)C1CC[C@]2(O)[C@H](Cl)[Si](C)(C)OC#N. The first kappa shape index (κ1) is 21.8. The second-order valence-electron chi connectivity index (χ2n) is 10.7. The van der Waals surface area contributed by atoms with Crippen LogP contribution in [0.15, 0.2) is 23.8 Å². The van der Waals surface area contributed by atoms with Gasteiger partial charge in [0.2, 0.25) is 0 Å². The van der Waals surface area contributed by atoms with Crippen molar-refractivity contribution in [3.05, 3.63) is 23.8 Å². The maximum atomic E-state index is 13.6. The van der Waals surface area contributed by atoms with Crippen molar-refractivity contribution in [3.8, 4) is 6.26 Å². The molecule has 0 radical (unpaired) electrons. The monoisotopic (exact) mass is 447 g/mol. The minimum absolute atomic E-state index is 0.000993. The van der Waals surface area contributed by atoms with Gasteiger partial charge in [-0.2, -0.15) is 5.26 Å². The molecule has 0 aromatic rings. The maximum Gasteiger partial charge on any atom is 0.282 e. The van der Waals surface area contributed by atoms with E-state index in [2.05, 4.69) is 6.92 Å². The first-order valence-corrected chi connectivity index (χ1v) is 14.2. The van der Waals surface area contributed by atoms with E-state index in [1.54, 1.807) is 18.4 Å². The average Bonchev–Trinajstić information content (AvgIpc) is 2.93. The lowest BCUT2D eigenvalue weighted by Gasteiger charge is -2.58. The zero-order valence-corrected chi connectivity index (χ0v) is 19.8. The number of nitriles is 1. The Bertz CT molecular complexity index is 907. The summed E-state index contributed by atoms with van der Waals surface area (Å²) in [6.45, 7) is 7.79. The number of aliphatic hydroxyl groups is 1. The van der Waals surface area contributed by atoms with Crippen LogP contribution in [0.25, 0.3) is 0 Å². The van der Waals surface area contributed by atoms with Crippen molar-refractivity contribution < 1.29 is 19.1 Å². The van der Waals surface area contributed by atoms with Crippen molar-refractivity contribution in [2.45, 2.75) is 69.6 Å². The van der Waals surface area contributed by atoms with E-state index in [9.17, 15) is 14.7 Å². The van der Waals surface area contributed by atoms with Crippen LogP contribution in [0, 0.1) is 40.1 Å². The van der Waals surface area contributed by atoms with E-state index in [0.717, 1.165) is 24.8 Å². The van der Waals surface area contributed by atoms with Gasteiger partial charge >= 0.3 is 0 Å². The number of carbonyl (C=O) groups is 2. The van der Waals surface area contributed by atoms with Gasteiger partial charge in [0.05, 0.1) is 10.6 Å². The molecule has 3 fully saturated rings. The molecule has 3 saturated carbocycles. The van der Waals surface area contributed by atoms with Crippen molar-refractivity contribution in [2.24, 2.45) is 28.6 Å². The summed E-state index contributed by atoms with van der Waals surface area (Å²) in [4.78, 5) is 25.5. The van der Waals surface area contributed by atoms with E-state index < -0.39 is 29.7 Å². The maximum absolute atomic E-state index is 13.6. The van der Waals surface area contributed by atoms with E-state index >= 15 is 0 Å². The molecule has 5 nitrogen and oxygen atoms in total. The molecule has 0 aromatic heterocycles. The number of Topliss-reactive ketones (excluding diaryl/α,β-unsaturated/α-hetero) is 1. The smallest absolute Gasteiger partial charge is 0.282 e. The molecule has 4 aliphatic rings. The molecule has 7 heteroatoms. The molecular formula is C23H30ClNO4Si. The van der Waals surface area contributed by atoms with Crippen molar-refractivity contribution in [1.82, 2.24) is 0 Å². The highest BCUT2D eigenvalue weighted by atomic mass is 35.5. The third kappa shape index (κ3) is 2.75. The van der Waals surface area contributed by atoms with Gasteiger partial charge in [-0.05, 0) is 62.8 Å². The second kappa shape index (κ2) is 6.79. The summed E-state index contributed by atoms with van der Waals surface area (Å²) in [5, 5.41) is 20.3. The van der Waals surface area contributed by atoms with Crippen LogP contribution in [0.5, 0.6) is 0 Å². The summed E-state index contributed by atoms with van der Waals surface area (Å²) in [5.41, 5.74) is -1.25. The Morgan fingerprint density at radius 3 is 2.70 bits per heavy atom. The molecule has 4 rings (SSSR count). The lowest BCUT2D eigenvalue weighted by Crippen LogP contribution is -2.64. The van der Waals surface area contributed by atoms with Gasteiger partial charge in [-0.1, -0.05) is 25.5 Å². The van der Waals surface area contributed by atoms with Gasteiger partial charge in [-0.25, -0.2) is 0 Å². The Balaban J connectivity index is 1.72. The lowest BCUT2D eigenvalue weighted by molar-refractivity contribution is -0.155. The zero-order chi connectivity index (χ0) is 22.1. The molecule has 7 atom stereocenters. The van der Waals surface area contributed by atoms with Crippen LogP contribution in [0.1, 0.15) is 46.0 Å². The molecular weight excluding hydrogens is 418 g/mol. The first-order chi connectivity index (χ1) is 13.9. The molecule has 0 bridgehead atoms. The normalized spacial score (nSPS) is 43.8. The molecule has 30 heavy (non-hydrogen) atoms. The van der Waals surface area contributed by atoms with Crippen molar-refractivity contribution >= 4 is 31.5 Å². The number of alkyl halides is 1. The number of hydrogen-bond acceptors (Lipinski definition) is 5. The summed E-state index contributed by atoms with van der Waals surface area (Å²) in [7, 11) is -2.70. The van der Waals surface area contributed by atoms with Crippen LogP contribution >= 0.6 is 11.6 Å². The fourth-order valence-electron chi connectivity index (χ4n) is 7.23. The minimum atomic E-state index is -2.70. The van der Waals surface area contributed by atoms with Gasteiger partial charge < -0.3 is 9.53 Å². The van der Waals surface area contributed by atoms with Crippen molar-refractivity contribution in [1.29, 1.82) is 5.26 Å². The van der Waals surface area contributed by atoms with Crippen LogP contribution in [-0.2, 0) is 14.0 Å². The number of rotatable bonds is 3.